The van der Waals surface area contributed by atoms with Crippen molar-refractivity contribution in [1.29, 1.82) is 0 Å². The number of nitrogens with zero attached hydrogens (tertiary/aromatic N) is 2. The number of aliphatic hydroxyl groups is 1. The highest BCUT2D eigenvalue weighted by atomic mass is 16.3. The van der Waals surface area contributed by atoms with Crippen LogP contribution in [0.25, 0.3) is 10.8 Å². The lowest BCUT2D eigenvalue weighted by Gasteiger charge is -2.40. The molecule has 1 amide bonds. The van der Waals surface area contributed by atoms with Gasteiger partial charge in [-0.05, 0) is 59.6 Å². The molecule has 1 aliphatic carbocycles. The molecule has 3 aromatic carbocycles. The lowest BCUT2D eigenvalue weighted by molar-refractivity contribution is -0.142. The van der Waals surface area contributed by atoms with Gasteiger partial charge in [0.1, 0.15) is 5.78 Å². The van der Waals surface area contributed by atoms with Crippen molar-refractivity contribution in [1.82, 2.24) is 4.90 Å². The van der Waals surface area contributed by atoms with Crippen LogP contribution in [0, 0.1) is 5.92 Å². The zero-order valence-electron chi connectivity index (χ0n) is 22.5. The number of anilines is 1. The molecular weight excluding hydrogens is 472 g/mol. The average Bonchev–Trinajstić information content (AvgIpc) is 3.42. The molecular formula is C33H38N2O3. The molecule has 1 N–H and O–H groups in total. The number of likely N-dealkylation sites (tertiary alicyclic amines) is 1. The van der Waals surface area contributed by atoms with Gasteiger partial charge in [-0.1, -0.05) is 74.9 Å². The van der Waals surface area contributed by atoms with Crippen molar-refractivity contribution in [2.75, 3.05) is 18.0 Å². The number of carbonyl (C=O) groups excluding carboxylic acids is 2. The number of Topliss-reactive ketones (excluding diaryl/α,β-unsaturated/α-hetero) is 1. The molecule has 0 saturated carbocycles. The van der Waals surface area contributed by atoms with E-state index >= 15 is 0 Å². The van der Waals surface area contributed by atoms with Gasteiger partial charge in [0.15, 0.2) is 5.60 Å². The number of hydrogen-bond acceptors (Lipinski definition) is 4. The van der Waals surface area contributed by atoms with Crippen LogP contribution in [0.3, 0.4) is 0 Å². The van der Waals surface area contributed by atoms with E-state index in [1.165, 1.54) is 21.9 Å². The van der Waals surface area contributed by atoms with Crippen LogP contribution >= 0.6 is 0 Å². The summed E-state index contributed by atoms with van der Waals surface area (Å²) >= 11 is 0. The Labute approximate surface area is 225 Å². The highest BCUT2D eigenvalue weighted by Crippen LogP contribution is 2.46. The second-order valence-electron chi connectivity index (χ2n) is 11.7. The zero-order chi connectivity index (χ0) is 26.4. The van der Waals surface area contributed by atoms with Crippen molar-refractivity contribution in [2.24, 2.45) is 5.92 Å². The fourth-order valence-corrected chi connectivity index (χ4v) is 6.97. The van der Waals surface area contributed by atoms with Gasteiger partial charge in [0.05, 0.1) is 5.69 Å². The Balaban J connectivity index is 1.18. The maximum Gasteiger partial charge on any atom is 0.264 e. The van der Waals surface area contributed by atoms with E-state index in [-0.39, 0.29) is 24.2 Å². The molecule has 2 aliphatic heterocycles. The average molecular weight is 511 g/mol. The molecule has 0 bridgehead atoms. The number of para-hydroxylation sites is 1. The van der Waals surface area contributed by atoms with E-state index in [0.29, 0.717) is 23.9 Å². The first-order valence-corrected chi connectivity index (χ1v) is 14.3. The molecule has 3 aromatic rings. The zero-order valence-corrected chi connectivity index (χ0v) is 22.5. The number of piperidine rings is 1. The number of amides is 1. The van der Waals surface area contributed by atoms with Gasteiger partial charge in [-0.25, -0.2) is 0 Å². The van der Waals surface area contributed by atoms with E-state index in [1.807, 2.05) is 29.2 Å². The van der Waals surface area contributed by atoms with Gasteiger partial charge in [-0.15, -0.1) is 0 Å². The van der Waals surface area contributed by atoms with Crippen LogP contribution in [0.5, 0.6) is 0 Å². The van der Waals surface area contributed by atoms with Crippen LogP contribution in [0.1, 0.15) is 75.1 Å². The number of rotatable bonds is 8. The third-order valence-electron chi connectivity index (χ3n) is 9.35. The van der Waals surface area contributed by atoms with E-state index in [1.54, 1.807) is 0 Å². The molecule has 38 heavy (non-hydrogen) atoms. The highest BCUT2D eigenvalue weighted by Gasteiger charge is 2.52. The Kier molecular flexibility index (Phi) is 6.61. The lowest BCUT2D eigenvalue weighted by Crippen LogP contribution is -2.50. The summed E-state index contributed by atoms with van der Waals surface area (Å²) < 4.78 is 0. The van der Waals surface area contributed by atoms with Crippen LogP contribution in [-0.4, -0.2) is 40.8 Å². The molecule has 3 atom stereocenters. The fourth-order valence-electron chi connectivity index (χ4n) is 6.97. The predicted octanol–water partition coefficient (Wildman–Crippen LogP) is 5.92. The normalized spacial score (nSPS) is 24.2. The summed E-state index contributed by atoms with van der Waals surface area (Å²) in [7, 11) is 0. The van der Waals surface area contributed by atoms with Crippen LogP contribution in [-0.2, 0) is 21.6 Å². The predicted molar refractivity (Wildman–Crippen MR) is 151 cm³/mol. The molecule has 198 valence electrons. The molecule has 3 aliphatic rings. The molecule has 5 nitrogen and oxygen atoms in total. The smallest absolute Gasteiger partial charge is 0.264 e. The third kappa shape index (κ3) is 4.17. The fraction of sp³-hybridized carbons (Fsp3) is 0.455. The first-order chi connectivity index (χ1) is 18.4. The summed E-state index contributed by atoms with van der Waals surface area (Å²) in [5, 5.41) is 14.4. The molecule has 3 unspecified atom stereocenters. The molecule has 0 radical (unpaired) electrons. The quantitative estimate of drug-likeness (QED) is 0.409. The Morgan fingerprint density at radius 1 is 1.05 bits per heavy atom. The van der Waals surface area contributed by atoms with Gasteiger partial charge in [0, 0.05) is 43.6 Å². The van der Waals surface area contributed by atoms with Crippen LogP contribution in [0.4, 0.5) is 5.69 Å². The Morgan fingerprint density at radius 3 is 2.55 bits per heavy atom. The summed E-state index contributed by atoms with van der Waals surface area (Å²) in [5.41, 5.74) is 2.44. The Morgan fingerprint density at radius 2 is 1.79 bits per heavy atom. The maximum absolute atomic E-state index is 13.8. The largest absolute Gasteiger partial charge is 0.375 e. The number of carbonyl (C=O) groups is 2. The van der Waals surface area contributed by atoms with Crippen molar-refractivity contribution in [3.8, 4) is 0 Å². The first-order valence-electron chi connectivity index (χ1n) is 14.3. The van der Waals surface area contributed by atoms with Gasteiger partial charge in [0.25, 0.3) is 5.91 Å². The molecule has 2 heterocycles. The summed E-state index contributed by atoms with van der Waals surface area (Å²) in [6.45, 7) is 6.06. The molecule has 5 heteroatoms. The van der Waals surface area contributed by atoms with Crippen molar-refractivity contribution < 1.29 is 14.7 Å². The van der Waals surface area contributed by atoms with Gasteiger partial charge < -0.3 is 10.0 Å². The Bertz CT molecular complexity index is 1370. The highest BCUT2D eigenvalue weighted by molar-refractivity contribution is 6.09. The van der Waals surface area contributed by atoms with E-state index in [9.17, 15) is 14.7 Å². The van der Waals surface area contributed by atoms with E-state index in [4.69, 9.17) is 0 Å². The van der Waals surface area contributed by atoms with Gasteiger partial charge >= 0.3 is 0 Å². The van der Waals surface area contributed by atoms with E-state index in [2.05, 4.69) is 55.1 Å². The second kappa shape index (κ2) is 9.94. The van der Waals surface area contributed by atoms with Crippen LogP contribution in [0.15, 0.2) is 60.7 Å². The molecule has 1 fully saturated rings. The number of fused-ring (bicyclic) bond motifs is 1. The lowest BCUT2D eigenvalue weighted by atomic mass is 9.88. The SMILES string of the molecule is CCC(C)CCC(=O)CC1(O)C(=O)N(C2CCN(C3Cc4cccc5cccc3c45)CC2)c2ccccc21. The van der Waals surface area contributed by atoms with E-state index < -0.39 is 5.60 Å². The minimum Gasteiger partial charge on any atom is -0.375 e. The van der Waals surface area contributed by atoms with Gasteiger partial charge in [-0.3, -0.25) is 14.5 Å². The standard InChI is InChI=1S/C33H38N2O3/c1-3-22(2)14-15-26(36)21-33(38)28-12-4-5-13-29(28)35(32(33)37)25-16-18-34(19-17-25)30-20-24-10-6-8-23-9-7-11-27(30)31(23)24/h4-13,22,25,30,38H,3,14-21H2,1-2H3. The van der Waals surface area contributed by atoms with Crippen molar-refractivity contribution in [2.45, 2.75) is 76.5 Å². The van der Waals surface area contributed by atoms with Crippen molar-refractivity contribution in [3.05, 3.63) is 77.4 Å². The topological polar surface area (TPSA) is 60.9 Å². The minimum atomic E-state index is -1.76. The summed E-state index contributed by atoms with van der Waals surface area (Å²) in [6, 6.07) is 21.1. The minimum absolute atomic E-state index is 0.0173. The number of benzene rings is 3. The Hall–Kier alpha value is -3.02. The van der Waals surface area contributed by atoms with Gasteiger partial charge in [0.2, 0.25) is 0 Å². The summed E-state index contributed by atoms with van der Waals surface area (Å²) in [6.07, 6.45) is 4.81. The monoisotopic (exact) mass is 510 g/mol. The number of ketones is 1. The molecule has 1 saturated heterocycles. The maximum atomic E-state index is 13.8. The van der Waals surface area contributed by atoms with Crippen molar-refractivity contribution >= 4 is 28.2 Å². The molecule has 6 rings (SSSR count). The molecule has 0 aromatic heterocycles. The summed E-state index contributed by atoms with van der Waals surface area (Å²) in [4.78, 5) is 31.1. The summed E-state index contributed by atoms with van der Waals surface area (Å²) in [5.74, 6) is 0.0937. The first kappa shape index (κ1) is 25.3. The molecule has 0 spiro atoms. The van der Waals surface area contributed by atoms with Gasteiger partial charge in [-0.2, -0.15) is 0 Å². The van der Waals surface area contributed by atoms with Crippen LogP contribution < -0.4 is 4.90 Å². The van der Waals surface area contributed by atoms with E-state index in [0.717, 1.165) is 50.9 Å². The van der Waals surface area contributed by atoms with Crippen molar-refractivity contribution in [3.63, 3.8) is 0 Å². The third-order valence-corrected chi connectivity index (χ3v) is 9.35. The second-order valence-corrected chi connectivity index (χ2v) is 11.7. The number of hydrogen-bond donors (Lipinski definition) is 1. The van der Waals surface area contributed by atoms with Crippen LogP contribution in [0.2, 0.25) is 0 Å².